The second-order valence-electron chi connectivity index (χ2n) is 7.59. The van der Waals surface area contributed by atoms with E-state index in [2.05, 4.69) is 19.9 Å². The van der Waals surface area contributed by atoms with Crippen LogP contribution in [-0.4, -0.2) is 34.2 Å². The molecule has 0 aliphatic heterocycles. The van der Waals surface area contributed by atoms with Gasteiger partial charge in [0.2, 0.25) is 16.0 Å². The van der Waals surface area contributed by atoms with Crippen molar-refractivity contribution in [3.05, 3.63) is 60.7 Å². The summed E-state index contributed by atoms with van der Waals surface area (Å²) in [5.74, 6) is -0.546. The summed E-state index contributed by atoms with van der Waals surface area (Å²) in [6.07, 6.45) is 8.80. The third kappa shape index (κ3) is 4.41. The van der Waals surface area contributed by atoms with E-state index in [9.17, 15) is 12.8 Å². The molecule has 0 amide bonds. The highest BCUT2D eigenvalue weighted by Crippen LogP contribution is 2.30. The van der Waals surface area contributed by atoms with E-state index in [1.807, 2.05) is 17.6 Å². The molecule has 3 aromatic rings. The molecule has 2 heterocycles. The summed E-state index contributed by atoms with van der Waals surface area (Å²) in [4.78, 5) is 3.97. The summed E-state index contributed by atoms with van der Waals surface area (Å²) in [5, 5.41) is 7.71. The summed E-state index contributed by atoms with van der Waals surface area (Å²) in [6, 6.07) is 8.19. The first-order valence-corrected chi connectivity index (χ1v) is 11.6. The lowest BCUT2D eigenvalue weighted by molar-refractivity contribution is 0.305. The van der Waals surface area contributed by atoms with Crippen molar-refractivity contribution in [3.8, 4) is 11.1 Å². The number of benzene rings is 1. The van der Waals surface area contributed by atoms with Crippen molar-refractivity contribution in [2.45, 2.75) is 56.0 Å². The summed E-state index contributed by atoms with van der Waals surface area (Å²) in [6.45, 7) is 1.92. The molecule has 30 heavy (non-hydrogen) atoms. The fourth-order valence-electron chi connectivity index (χ4n) is 4.07. The number of aromatic nitrogens is 4. The van der Waals surface area contributed by atoms with E-state index in [1.54, 1.807) is 30.9 Å². The topological polar surface area (TPSA) is 89.8 Å². The van der Waals surface area contributed by atoms with E-state index in [1.165, 1.54) is 12.3 Å². The van der Waals surface area contributed by atoms with Crippen molar-refractivity contribution < 1.29 is 12.8 Å². The Morgan fingerprint density at radius 3 is 2.60 bits per heavy atom. The van der Waals surface area contributed by atoms with Crippen molar-refractivity contribution in [1.29, 1.82) is 0 Å². The van der Waals surface area contributed by atoms with Gasteiger partial charge in [0.15, 0.2) is 0 Å². The van der Waals surface area contributed by atoms with Crippen LogP contribution < -0.4 is 4.72 Å². The fourth-order valence-corrected chi connectivity index (χ4v) is 5.64. The molecule has 0 bridgehead atoms. The van der Waals surface area contributed by atoms with Gasteiger partial charge in [-0.05, 0) is 67.5 Å². The number of aryl methyl sites for hydroxylation is 1. The lowest BCUT2D eigenvalue weighted by atomic mass is 9.91. The van der Waals surface area contributed by atoms with Crippen molar-refractivity contribution in [3.63, 3.8) is 0 Å². The number of nitrogens with zero attached hydrogens (tertiary/aromatic N) is 4. The lowest BCUT2D eigenvalue weighted by Crippen LogP contribution is -2.39. The van der Waals surface area contributed by atoms with E-state index in [4.69, 9.17) is 0 Å². The lowest BCUT2D eigenvalue weighted by Gasteiger charge is -2.30. The number of hydrogen-bond acceptors (Lipinski definition) is 5. The second-order valence-corrected chi connectivity index (χ2v) is 9.28. The Hall–Kier alpha value is -2.65. The van der Waals surface area contributed by atoms with E-state index in [0.29, 0.717) is 12.8 Å². The SMILES string of the molecule is CCc1cc(-c2ccc(F)nc2)ccc1S(=O)(=O)N[C@H]1CCC[C@@H](n2cnnc2)C1. The maximum atomic E-state index is 13.2. The van der Waals surface area contributed by atoms with Gasteiger partial charge >= 0.3 is 0 Å². The van der Waals surface area contributed by atoms with Crippen LogP contribution >= 0.6 is 0 Å². The van der Waals surface area contributed by atoms with Gasteiger partial charge in [0.25, 0.3) is 0 Å². The van der Waals surface area contributed by atoms with Gasteiger partial charge in [0.05, 0.1) is 4.90 Å². The van der Waals surface area contributed by atoms with Gasteiger partial charge in [-0.15, -0.1) is 10.2 Å². The molecule has 9 heteroatoms. The zero-order valence-corrected chi connectivity index (χ0v) is 17.5. The maximum Gasteiger partial charge on any atom is 0.241 e. The molecule has 7 nitrogen and oxygen atoms in total. The van der Waals surface area contributed by atoms with Crippen LogP contribution in [0.2, 0.25) is 0 Å². The molecule has 158 valence electrons. The van der Waals surface area contributed by atoms with E-state index in [0.717, 1.165) is 36.0 Å². The molecule has 4 rings (SSSR count). The quantitative estimate of drug-likeness (QED) is 0.606. The van der Waals surface area contributed by atoms with Gasteiger partial charge in [-0.25, -0.2) is 18.1 Å². The molecule has 1 saturated carbocycles. The van der Waals surface area contributed by atoms with Crippen molar-refractivity contribution in [2.75, 3.05) is 0 Å². The predicted molar refractivity (Wildman–Crippen MR) is 111 cm³/mol. The molecule has 1 N–H and O–H groups in total. The third-order valence-corrected chi connectivity index (χ3v) is 7.24. The molecule has 1 aromatic carbocycles. The molecule has 0 saturated heterocycles. The number of rotatable bonds is 6. The largest absolute Gasteiger partial charge is 0.317 e. The number of nitrogens with one attached hydrogen (secondary N) is 1. The minimum atomic E-state index is -3.67. The smallest absolute Gasteiger partial charge is 0.241 e. The van der Waals surface area contributed by atoms with E-state index >= 15 is 0 Å². The monoisotopic (exact) mass is 429 g/mol. The van der Waals surface area contributed by atoms with Crippen LogP contribution in [0.1, 0.15) is 44.2 Å². The average molecular weight is 430 g/mol. The van der Waals surface area contributed by atoms with Gasteiger partial charge in [-0.3, -0.25) is 0 Å². The molecule has 0 unspecified atom stereocenters. The number of hydrogen-bond donors (Lipinski definition) is 1. The van der Waals surface area contributed by atoms with Crippen molar-refractivity contribution in [1.82, 2.24) is 24.5 Å². The highest BCUT2D eigenvalue weighted by molar-refractivity contribution is 7.89. The van der Waals surface area contributed by atoms with Gasteiger partial charge < -0.3 is 4.57 Å². The van der Waals surface area contributed by atoms with Gasteiger partial charge in [0, 0.05) is 23.8 Å². The van der Waals surface area contributed by atoms with Gasteiger partial charge in [-0.1, -0.05) is 13.0 Å². The third-order valence-electron chi connectivity index (χ3n) is 5.62. The molecule has 1 aliphatic carbocycles. The average Bonchev–Trinajstić information content (AvgIpc) is 3.29. The number of pyridine rings is 1. The summed E-state index contributed by atoms with van der Waals surface area (Å²) < 4.78 is 44.3. The normalized spacial score (nSPS) is 19.7. The minimum absolute atomic E-state index is 0.137. The molecule has 2 aromatic heterocycles. The summed E-state index contributed by atoms with van der Waals surface area (Å²) in [7, 11) is -3.67. The molecular weight excluding hydrogens is 405 g/mol. The summed E-state index contributed by atoms with van der Waals surface area (Å²) >= 11 is 0. The van der Waals surface area contributed by atoms with Crippen molar-refractivity contribution >= 4 is 10.0 Å². The first kappa shape index (κ1) is 20.6. The summed E-state index contributed by atoms with van der Waals surface area (Å²) in [5.41, 5.74) is 2.27. The van der Waals surface area contributed by atoms with Crippen LogP contribution in [0.25, 0.3) is 11.1 Å². The Morgan fingerprint density at radius 2 is 1.90 bits per heavy atom. The number of halogens is 1. The zero-order chi connectivity index (χ0) is 21.1. The Bertz CT molecular complexity index is 1100. The fraction of sp³-hybridized carbons (Fsp3) is 0.381. The first-order valence-electron chi connectivity index (χ1n) is 10.1. The van der Waals surface area contributed by atoms with Crippen LogP contribution in [0.4, 0.5) is 4.39 Å². The Morgan fingerprint density at radius 1 is 1.13 bits per heavy atom. The van der Waals surface area contributed by atoms with Gasteiger partial charge in [0.1, 0.15) is 12.7 Å². The Kier molecular flexibility index (Phi) is 5.92. The van der Waals surface area contributed by atoms with Crippen LogP contribution in [0.15, 0.2) is 54.1 Å². The molecule has 0 radical (unpaired) electrons. The standard InChI is InChI=1S/C21H24FN5O2S/c1-2-15-10-16(17-7-9-21(22)23-12-17)6-8-20(15)30(28,29)26-18-4-3-5-19(11-18)27-13-24-25-14-27/h6-10,12-14,18-19,26H,2-5,11H2,1H3/t18-,19+/m0/s1. The van der Waals surface area contributed by atoms with Gasteiger partial charge in [-0.2, -0.15) is 4.39 Å². The van der Waals surface area contributed by atoms with E-state index in [-0.39, 0.29) is 17.0 Å². The van der Waals surface area contributed by atoms with Crippen LogP contribution in [0.5, 0.6) is 0 Å². The molecular formula is C21H24FN5O2S. The molecule has 0 spiro atoms. The molecule has 1 aliphatic rings. The molecule has 1 fully saturated rings. The zero-order valence-electron chi connectivity index (χ0n) is 16.7. The Balaban J connectivity index is 1.55. The highest BCUT2D eigenvalue weighted by Gasteiger charge is 2.28. The van der Waals surface area contributed by atoms with Crippen molar-refractivity contribution in [2.24, 2.45) is 0 Å². The van der Waals surface area contributed by atoms with E-state index < -0.39 is 16.0 Å². The Labute approximate surface area is 175 Å². The minimum Gasteiger partial charge on any atom is -0.317 e. The van der Waals surface area contributed by atoms with Crippen LogP contribution in [0.3, 0.4) is 0 Å². The second kappa shape index (κ2) is 8.61. The predicted octanol–water partition coefficient (Wildman–Crippen LogP) is 3.50. The molecule has 2 atom stereocenters. The van der Waals surface area contributed by atoms with Crippen LogP contribution in [-0.2, 0) is 16.4 Å². The van der Waals surface area contributed by atoms with Crippen LogP contribution in [0, 0.1) is 5.95 Å². The maximum absolute atomic E-state index is 13.2. The number of sulfonamides is 1. The first-order chi connectivity index (χ1) is 14.5. The highest BCUT2D eigenvalue weighted by atomic mass is 32.2.